The standard InChI is InChI=1S/C12H19N3O/c1-8(2)11(13)12(16)14-7-10-6-4-5-9(3)15-10/h4-6,8,11H,7,13H2,1-3H3,(H,14,16)/t11-/m0/s1. The Balaban J connectivity index is 2.49. The second-order valence-corrected chi connectivity index (χ2v) is 4.26. The van der Waals surface area contributed by atoms with E-state index in [0.29, 0.717) is 6.54 Å². The summed E-state index contributed by atoms with van der Waals surface area (Å²) in [6, 6.07) is 5.27. The van der Waals surface area contributed by atoms with E-state index >= 15 is 0 Å². The van der Waals surface area contributed by atoms with E-state index in [1.54, 1.807) is 0 Å². The molecule has 0 aliphatic rings. The molecule has 0 radical (unpaired) electrons. The molecule has 1 atom stereocenters. The van der Waals surface area contributed by atoms with Crippen LogP contribution in [-0.2, 0) is 11.3 Å². The monoisotopic (exact) mass is 221 g/mol. The summed E-state index contributed by atoms with van der Waals surface area (Å²) in [5.41, 5.74) is 7.52. The number of nitrogens with zero attached hydrogens (tertiary/aromatic N) is 1. The van der Waals surface area contributed by atoms with Gasteiger partial charge in [-0.25, -0.2) is 0 Å². The lowest BCUT2D eigenvalue weighted by Gasteiger charge is -2.15. The first-order chi connectivity index (χ1) is 7.50. The molecule has 4 heteroatoms. The Kier molecular flexibility index (Phi) is 4.43. The summed E-state index contributed by atoms with van der Waals surface area (Å²) >= 11 is 0. The molecule has 1 aromatic heterocycles. The van der Waals surface area contributed by atoms with Gasteiger partial charge in [0.2, 0.25) is 5.91 Å². The van der Waals surface area contributed by atoms with E-state index in [1.165, 1.54) is 0 Å². The molecule has 1 amide bonds. The van der Waals surface area contributed by atoms with E-state index < -0.39 is 6.04 Å². The van der Waals surface area contributed by atoms with Gasteiger partial charge in [-0.15, -0.1) is 0 Å². The van der Waals surface area contributed by atoms with Crippen molar-refractivity contribution in [3.05, 3.63) is 29.6 Å². The van der Waals surface area contributed by atoms with Crippen LogP contribution in [0.1, 0.15) is 25.2 Å². The van der Waals surface area contributed by atoms with Crippen molar-refractivity contribution in [3.8, 4) is 0 Å². The first-order valence-corrected chi connectivity index (χ1v) is 5.46. The number of carbonyl (C=O) groups is 1. The summed E-state index contributed by atoms with van der Waals surface area (Å²) < 4.78 is 0. The number of hydrogen-bond donors (Lipinski definition) is 2. The minimum atomic E-state index is -0.454. The third-order valence-corrected chi connectivity index (χ3v) is 2.41. The quantitative estimate of drug-likeness (QED) is 0.796. The molecule has 0 aliphatic heterocycles. The zero-order valence-electron chi connectivity index (χ0n) is 10.0. The van der Waals surface area contributed by atoms with E-state index in [1.807, 2.05) is 39.0 Å². The largest absolute Gasteiger partial charge is 0.349 e. The molecule has 1 aromatic rings. The summed E-state index contributed by atoms with van der Waals surface area (Å²) in [5, 5.41) is 2.78. The number of carbonyl (C=O) groups excluding carboxylic acids is 1. The van der Waals surface area contributed by atoms with Crippen LogP contribution in [0.3, 0.4) is 0 Å². The van der Waals surface area contributed by atoms with Crippen LogP contribution in [0.5, 0.6) is 0 Å². The fourth-order valence-corrected chi connectivity index (χ4v) is 1.30. The number of nitrogens with one attached hydrogen (secondary N) is 1. The normalized spacial score (nSPS) is 12.6. The minimum Gasteiger partial charge on any atom is -0.349 e. The Morgan fingerprint density at radius 3 is 2.75 bits per heavy atom. The molecule has 0 unspecified atom stereocenters. The van der Waals surface area contributed by atoms with Gasteiger partial charge in [0.05, 0.1) is 18.3 Å². The molecule has 1 heterocycles. The van der Waals surface area contributed by atoms with E-state index in [0.717, 1.165) is 11.4 Å². The topological polar surface area (TPSA) is 68.0 Å². The fourth-order valence-electron chi connectivity index (χ4n) is 1.30. The van der Waals surface area contributed by atoms with Crippen LogP contribution in [0.4, 0.5) is 0 Å². The predicted octanol–water partition coefficient (Wildman–Crippen LogP) is 0.990. The van der Waals surface area contributed by atoms with Crippen molar-refractivity contribution in [2.45, 2.75) is 33.4 Å². The van der Waals surface area contributed by atoms with Gasteiger partial charge in [0, 0.05) is 5.69 Å². The SMILES string of the molecule is Cc1cccc(CNC(=O)[C@@H](N)C(C)C)n1. The molecule has 0 saturated heterocycles. The van der Waals surface area contributed by atoms with Gasteiger partial charge in [-0.3, -0.25) is 9.78 Å². The van der Waals surface area contributed by atoms with E-state index in [4.69, 9.17) is 5.73 Å². The molecule has 88 valence electrons. The molecule has 3 N–H and O–H groups in total. The maximum Gasteiger partial charge on any atom is 0.237 e. The predicted molar refractivity (Wildman–Crippen MR) is 63.6 cm³/mol. The smallest absolute Gasteiger partial charge is 0.237 e. The average Bonchev–Trinajstić information content (AvgIpc) is 2.24. The molecule has 0 aromatic carbocycles. The second-order valence-electron chi connectivity index (χ2n) is 4.26. The number of amides is 1. The highest BCUT2D eigenvalue weighted by Crippen LogP contribution is 2.00. The van der Waals surface area contributed by atoms with Crippen LogP contribution in [0.15, 0.2) is 18.2 Å². The fraction of sp³-hybridized carbons (Fsp3) is 0.500. The second kappa shape index (κ2) is 5.61. The molecule has 0 saturated carbocycles. The molecule has 0 aliphatic carbocycles. The maximum atomic E-state index is 11.6. The number of rotatable bonds is 4. The highest BCUT2D eigenvalue weighted by Gasteiger charge is 2.16. The van der Waals surface area contributed by atoms with Gasteiger partial charge >= 0.3 is 0 Å². The highest BCUT2D eigenvalue weighted by atomic mass is 16.2. The lowest BCUT2D eigenvalue weighted by molar-refractivity contribution is -0.123. The Morgan fingerprint density at radius 2 is 2.19 bits per heavy atom. The molecular formula is C12H19N3O. The molecule has 0 fully saturated rings. The van der Waals surface area contributed by atoms with Crippen molar-refractivity contribution in [1.29, 1.82) is 0 Å². The minimum absolute atomic E-state index is 0.127. The van der Waals surface area contributed by atoms with Gasteiger partial charge < -0.3 is 11.1 Å². The Bertz CT molecular complexity index is 363. The average molecular weight is 221 g/mol. The summed E-state index contributed by atoms with van der Waals surface area (Å²) in [7, 11) is 0. The van der Waals surface area contributed by atoms with Crippen molar-refractivity contribution in [3.63, 3.8) is 0 Å². The lowest BCUT2D eigenvalue weighted by Crippen LogP contribution is -2.43. The summed E-state index contributed by atoms with van der Waals surface area (Å²) in [6.45, 7) is 6.20. The van der Waals surface area contributed by atoms with Crippen molar-refractivity contribution in [1.82, 2.24) is 10.3 Å². The van der Waals surface area contributed by atoms with E-state index in [2.05, 4.69) is 10.3 Å². The summed E-state index contributed by atoms with van der Waals surface area (Å²) in [5.74, 6) is 0.0174. The Morgan fingerprint density at radius 1 is 1.50 bits per heavy atom. The van der Waals surface area contributed by atoms with Crippen molar-refractivity contribution in [2.24, 2.45) is 11.7 Å². The van der Waals surface area contributed by atoms with Gasteiger partial charge in [0.25, 0.3) is 0 Å². The summed E-state index contributed by atoms with van der Waals surface area (Å²) in [6.07, 6.45) is 0. The van der Waals surface area contributed by atoms with Gasteiger partial charge in [-0.05, 0) is 25.0 Å². The molecule has 0 spiro atoms. The van der Waals surface area contributed by atoms with Crippen molar-refractivity contribution >= 4 is 5.91 Å². The van der Waals surface area contributed by atoms with Crippen LogP contribution in [-0.4, -0.2) is 16.9 Å². The van der Waals surface area contributed by atoms with Gasteiger partial charge in [0.15, 0.2) is 0 Å². The van der Waals surface area contributed by atoms with Gasteiger partial charge in [0.1, 0.15) is 0 Å². The number of aryl methyl sites for hydroxylation is 1. The lowest BCUT2D eigenvalue weighted by atomic mass is 10.1. The van der Waals surface area contributed by atoms with Crippen LogP contribution in [0.25, 0.3) is 0 Å². The number of nitrogens with two attached hydrogens (primary N) is 1. The van der Waals surface area contributed by atoms with Crippen molar-refractivity contribution in [2.75, 3.05) is 0 Å². The molecule has 16 heavy (non-hydrogen) atoms. The van der Waals surface area contributed by atoms with Crippen LogP contribution in [0, 0.1) is 12.8 Å². The molecule has 0 bridgehead atoms. The summed E-state index contributed by atoms with van der Waals surface area (Å²) in [4.78, 5) is 15.9. The zero-order chi connectivity index (χ0) is 12.1. The number of pyridine rings is 1. The zero-order valence-corrected chi connectivity index (χ0v) is 10.0. The Hall–Kier alpha value is -1.42. The van der Waals surface area contributed by atoms with Gasteiger partial charge in [-0.1, -0.05) is 19.9 Å². The van der Waals surface area contributed by atoms with Crippen LogP contribution < -0.4 is 11.1 Å². The van der Waals surface area contributed by atoms with Crippen LogP contribution in [0.2, 0.25) is 0 Å². The molecular weight excluding hydrogens is 202 g/mol. The maximum absolute atomic E-state index is 11.6. The van der Waals surface area contributed by atoms with E-state index in [-0.39, 0.29) is 11.8 Å². The highest BCUT2D eigenvalue weighted by molar-refractivity contribution is 5.81. The third kappa shape index (κ3) is 3.62. The first kappa shape index (κ1) is 12.6. The van der Waals surface area contributed by atoms with E-state index in [9.17, 15) is 4.79 Å². The van der Waals surface area contributed by atoms with Crippen molar-refractivity contribution < 1.29 is 4.79 Å². The van der Waals surface area contributed by atoms with Crippen LogP contribution >= 0.6 is 0 Å². The van der Waals surface area contributed by atoms with Gasteiger partial charge in [-0.2, -0.15) is 0 Å². The molecule has 4 nitrogen and oxygen atoms in total. The Labute approximate surface area is 96.3 Å². The third-order valence-electron chi connectivity index (χ3n) is 2.41. The first-order valence-electron chi connectivity index (χ1n) is 5.46. The number of aromatic nitrogens is 1. The number of hydrogen-bond acceptors (Lipinski definition) is 3. The molecule has 1 rings (SSSR count).